The lowest BCUT2D eigenvalue weighted by Gasteiger charge is -2.33. The first kappa shape index (κ1) is 22.5. The highest BCUT2D eigenvalue weighted by Crippen LogP contribution is 2.25. The molecule has 0 saturated carbocycles. The van der Waals surface area contributed by atoms with Gasteiger partial charge < -0.3 is 15.0 Å². The van der Waals surface area contributed by atoms with Crippen molar-refractivity contribution in [3.8, 4) is 5.75 Å². The van der Waals surface area contributed by atoms with Crippen LogP contribution in [0.25, 0.3) is 0 Å². The third-order valence-corrected chi connectivity index (χ3v) is 6.27. The molecule has 0 aliphatic carbocycles. The van der Waals surface area contributed by atoms with Crippen LogP contribution in [0.5, 0.6) is 5.75 Å². The van der Waals surface area contributed by atoms with Crippen molar-refractivity contribution in [1.29, 1.82) is 0 Å². The van der Waals surface area contributed by atoms with Gasteiger partial charge in [-0.3, -0.25) is 4.79 Å². The summed E-state index contributed by atoms with van der Waals surface area (Å²) in [6, 6.07) is 13.9. The van der Waals surface area contributed by atoms with Gasteiger partial charge in [-0.2, -0.15) is 0 Å². The van der Waals surface area contributed by atoms with E-state index in [-0.39, 0.29) is 11.9 Å². The van der Waals surface area contributed by atoms with E-state index >= 15 is 0 Å². The van der Waals surface area contributed by atoms with Crippen LogP contribution in [-0.4, -0.2) is 25.1 Å². The van der Waals surface area contributed by atoms with Crippen LogP contribution in [0, 0.1) is 12.8 Å². The number of hydrogen-bond donors (Lipinski definition) is 1. The predicted molar refractivity (Wildman–Crippen MR) is 125 cm³/mol. The molecular weight excluding hydrogens is 396 g/mol. The molecule has 3 rings (SSSR count). The van der Waals surface area contributed by atoms with Crippen molar-refractivity contribution in [2.75, 3.05) is 18.0 Å². The van der Waals surface area contributed by atoms with Gasteiger partial charge in [0.05, 0.1) is 6.04 Å². The number of carbonyl (C=O) groups excluding carboxylic acids is 1. The van der Waals surface area contributed by atoms with Crippen molar-refractivity contribution in [3.63, 3.8) is 0 Å². The van der Waals surface area contributed by atoms with Crippen LogP contribution in [-0.2, 0) is 4.79 Å². The number of rotatable bonds is 7. The molecule has 0 bridgehead atoms. The topological polar surface area (TPSA) is 41.6 Å². The summed E-state index contributed by atoms with van der Waals surface area (Å²) < 4.78 is 5.93. The number of anilines is 1. The largest absolute Gasteiger partial charge is 0.481 e. The number of ether oxygens (including phenoxy) is 1. The van der Waals surface area contributed by atoms with Crippen LogP contribution in [0.1, 0.15) is 57.2 Å². The molecule has 1 saturated heterocycles. The maximum Gasteiger partial charge on any atom is 0.261 e. The van der Waals surface area contributed by atoms with Gasteiger partial charge >= 0.3 is 0 Å². The summed E-state index contributed by atoms with van der Waals surface area (Å²) >= 11 is 6.08. The van der Waals surface area contributed by atoms with Gasteiger partial charge in [0.2, 0.25) is 0 Å². The zero-order valence-electron chi connectivity index (χ0n) is 18.5. The zero-order chi connectivity index (χ0) is 21.7. The maximum atomic E-state index is 12.8. The fourth-order valence-corrected chi connectivity index (χ4v) is 4.08. The number of aryl methyl sites for hydroxylation is 1. The van der Waals surface area contributed by atoms with Crippen LogP contribution >= 0.6 is 11.6 Å². The third kappa shape index (κ3) is 5.69. The third-order valence-electron chi connectivity index (χ3n) is 5.84. The van der Waals surface area contributed by atoms with Gasteiger partial charge in [-0.05, 0) is 80.5 Å². The quantitative estimate of drug-likeness (QED) is 0.595. The molecule has 0 radical (unpaired) electrons. The summed E-state index contributed by atoms with van der Waals surface area (Å²) in [4.78, 5) is 15.2. The normalized spacial score (nSPS) is 18.6. The van der Waals surface area contributed by atoms with Crippen molar-refractivity contribution >= 4 is 23.2 Å². The Bertz CT molecular complexity index is 853. The highest BCUT2D eigenvalue weighted by molar-refractivity contribution is 6.31. The molecule has 1 aliphatic rings. The van der Waals surface area contributed by atoms with Crippen LogP contribution < -0.4 is 15.0 Å². The fraction of sp³-hybridized carbons (Fsp3) is 0.480. The first-order valence-corrected chi connectivity index (χ1v) is 11.3. The van der Waals surface area contributed by atoms with Crippen LogP contribution in [0.15, 0.2) is 42.5 Å². The Morgan fingerprint density at radius 3 is 2.63 bits per heavy atom. The van der Waals surface area contributed by atoms with Gasteiger partial charge in [-0.15, -0.1) is 0 Å². The second kappa shape index (κ2) is 10.2. The minimum Gasteiger partial charge on any atom is -0.481 e. The summed E-state index contributed by atoms with van der Waals surface area (Å²) in [5, 5.41) is 3.79. The van der Waals surface area contributed by atoms with E-state index in [1.54, 1.807) is 12.1 Å². The Morgan fingerprint density at radius 1 is 1.27 bits per heavy atom. The van der Waals surface area contributed by atoms with Gasteiger partial charge in [-0.25, -0.2) is 0 Å². The average Bonchev–Trinajstić information content (AvgIpc) is 2.74. The molecule has 4 nitrogen and oxygen atoms in total. The van der Waals surface area contributed by atoms with E-state index in [4.69, 9.17) is 16.3 Å². The Hall–Kier alpha value is -2.20. The number of nitrogens with zero attached hydrogens (tertiary/aromatic N) is 1. The van der Waals surface area contributed by atoms with E-state index in [9.17, 15) is 4.79 Å². The number of piperidine rings is 1. The van der Waals surface area contributed by atoms with E-state index in [2.05, 4.69) is 41.4 Å². The molecule has 3 unspecified atom stereocenters. The smallest absolute Gasteiger partial charge is 0.261 e. The minimum absolute atomic E-state index is 0.0866. The highest BCUT2D eigenvalue weighted by atomic mass is 35.5. The Balaban J connectivity index is 1.60. The predicted octanol–water partition coefficient (Wildman–Crippen LogP) is 5.92. The van der Waals surface area contributed by atoms with E-state index in [0.717, 1.165) is 30.1 Å². The Morgan fingerprint density at radius 2 is 2.00 bits per heavy atom. The van der Waals surface area contributed by atoms with Crippen LogP contribution in [0.4, 0.5) is 5.69 Å². The fourth-order valence-electron chi connectivity index (χ4n) is 3.96. The summed E-state index contributed by atoms with van der Waals surface area (Å²) in [7, 11) is 0. The molecule has 0 aromatic heterocycles. The second-order valence-electron chi connectivity index (χ2n) is 8.44. The van der Waals surface area contributed by atoms with Crippen molar-refractivity contribution in [2.24, 2.45) is 5.92 Å². The van der Waals surface area contributed by atoms with Crippen molar-refractivity contribution in [1.82, 2.24) is 5.32 Å². The number of hydrogen-bond acceptors (Lipinski definition) is 3. The minimum atomic E-state index is -0.540. The SMILES string of the molecule is CCC(Oc1ccc(Cl)c(C)c1)C(=O)NC(C)c1ccc(N2CCCC(C)C2)cc1. The molecule has 2 aromatic rings. The van der Waals surface area contributed by atoms with Crippen LogP contribution in [0.3, 0.4) is 0 Å². The lowest BCUT2D eigenvalue weighted by atomic mass is 9.99. The summed E-state index contributed by atoms with van der Waals surface area (Å²) in [6.45, 7) is 10.4. The molecule has 30 heavy (non-hydrogen) atoms. The lowest BCUT2D eigenvalue weighted by Crippen LogP contribution is -2.39. The molecule has 0 spiro atoms. The van der Waals surface area contributed by atoms with Crippen molar-refractivity contribution in [2.45, 2.75) is 59.1 Å². The molecule has 2 aromatic carbocycles. The number of carbonyl (C=O) groups is 1. The van der Waals surface area contributed by atoms with Gasteiger partial charge in [0.1, 0.15) is 5.75 Å². The monoisotopic (exact) mass is 428 g/mol. The highest BCUT2D eigenvalue weighted by Gasteiger charge is 2.21. The molecule has 162 valence electrons. The molecule has 1 fully saturated rings. The molecule has 1 heterocycles. The first-order chi connectivity index (χ1) is 14.4. The summed E-state index contributed by atoms with van der Waals surface area (Å²) in [5.41, 5.74) is 3.28. The lowest BCUT2D eigenvalue weighted by molar-refractivity contribution is -0.128. The first-order valence-electron chi connectivity index (χ1n) is 11.0. The zero-order valence-corrected chi connectivity index (χ0v) is 19.2. The van der Waals surface area contributed by atoms with Crippen molar-refractivity contribution in [3.05, 3.63) is 58.6 Å². The molecule has 3 atom stereocenters. The summed E-state index contributed by atoms with van der Waals surface area (Å²) in [6.07, 6.45) is 2.61. The maximum absolute atomic E-state index is 12.8. The Labute approximate surface area is 185 Å². The number of halogens is 1. The van der Waals surface area contributed by atoms with Gasteiger partial charge in [0.25, 0.3) is 5.91 Å². The molecular formula is C25H33ClN2O2. The van der Waals surface area contributed by atoms with Gasteiger partial charge in [0.15, 0.2) is 6.10 Å². The Kier molecular flexibility index (Phi) is 7.65. The molecule has 1 aliphatic heterocycles. The number of amides is 1. The summed E-state index contributed by atoms with van der Waals surface area (Å²) in [5.74, 6) is 1.30. The molecule has 1 amide bonds. The van der Waals surface area contributed by atoms with E-state index in [0.29, 0.717) is 17.2 Å². The van der Waals surface area contributed by atoms with E-state index in [1.807, 2.05) is 26.8 Å². The number of benzene rings is 2. The number of nitrogens with one attached hydrogen (secondary N) is 1. The van der Waals surface area contributed by atoms with E-state index < -0.39 is 6.10 Å². The second-order valence-corrected chi connectivity index (χ2v) is 8.85. The van der Waals surface area contributed by atoms with Crippen LogP contribution in [0.2, 0.25) is 5.02 Å². The van der Waals surface area contributed by atoms with Crippen molar-refractivity contribution < 1.29 is 9.53 Å². The van der Waals surface area contributed by atoms with Gasteiger partial charge in [0, 0.05) is 23.8 Å². The molecule has 1 N–H and O–H groups in total. The molecule has 5 heteroatoms. The average molecular weight is 429 g/mol. The van der Waals surface area contributed by atoms with Gasteiger partial charge in [-0.1, -0.05) is 37.6 Å². The standard InChI is InChI=1S/C25H33ClN2O2/c1-5-24(30-22-12-13-23(26)18(3)15-22)25(29)27-19(4)20-8-10-21(11-9-20)28-14-6-7-17(2)16-28/h8-13,15,17,19,24H,5-7,14,16H2,1-4H3,(H,27,29). The van der Waals surface area contributed by atoms with E-state index in [1.165, 1.54) is 18.5 Å².